The van der Waals surface area contributed by atoms with Crippen LogP contribution in [0.1, 0.15) is 38.5 Å². The third-order valence-electron chi connectivity index (χ3n) is 2.35. The summed E-state index contributed by atoms with van der Waals surface area (Å²) in [4.78, 5) is 7.94. The van der Waals surface area contributed by atoms with Crippen molar-refractivity contribution in [2.45, 2.75) is 49.4 Å². The molecule has 5 nitrogen and oxygen atoms in total. The van der Waals surface area contributed by atoms with Gasteiger partial charge in [0.1, 0.15) is 4.84 Å². The summed E-state index contributed by atoms with van der Waals surface area (Å²) in [5.41, 5.74) is 10.4. The molecule has 0 aliphatic heterocycles. The topological polar surface area (TPSA) is 101 Å². The van der Waals surface area contributed by atoms with Crippen LogP contribution < -0.4 is 16.3 Å². The molecule has 0 aromatic carbocycles. The normalized spacial score (nSPS) is 20.6. The Morgan fingerprint density at radius 1 is 1.35 bits per heavy atom. The van der Waals surface area contributed by atoms with Crippen LogP contribution in [0.25, 0.3) is 0 Å². The van der Waals surface area contributed by atoms with Crippen molar-refractivity contribution in [2.75, 3.05) is 6.54 Å². The molecule has 0 amide bonds. The number of rotatable bonds is 4. The van der Waals surface area contributed by atoms with E-state index in [0.29, 0.717) is 12.5 Å². The Labute approximate surface area is 113 Å². The zero-order valence-corrected chi connectivity index (χ0v) is 12.2. The van der Waals surface area contributed by atoms with E-state index in [1.165, 1.54) is 32.1 Å². The maximum absolute atomic E-state index is 10.3. The van der Waals surface area contributed by atoms with Gasteiger partial charge >= 0.3 is 7.67 Å². The molecule has 1 aliphatic rings. The van der Waals surface area contributed by atoms with E-state index in [4.69, 9.17) is 39.3 Å². The van der Waals surface area contributed by atoms with Crippen LogP contribution in [0.4, 0.5) is 0 Å². The monoisotopic (exact) mass is 305 g/mol. The molecule has 0 aromatic heterocycles. The van der Waals surface area contributed by atoms with Gasteiger partial charge in [0.05, 0.1) is 0 Å². The number of halogens is 2. The summed E-state index contributed by atoms with van der Waals surface area (Å²) < 4.78 is 10.3. The summed E-state index contributed by atoms with van der Waals surface area (Å²) in [5.74, 6) is 0. The average Bonchev–Trinajstić information content (AvgIpc) is 2.17. The van der Waals surface area contributed by atoms with Crippen LogP contribution in [0.3, 0.4) is 0 Å². The fourth-order valence-corrected chi connectivity index (χ4v) is 2.14. The molecule has 1 fully saturated rings. The highest BCUT2D eigenvalue weighted by molar-refractivity contribution is 7.53. The molecule has 0 spiro atoms. The molecule has 1 atom stereocenters. The molecule has 1 saturated carbocycles. The lowest BCUT2D eigenvalue weighted by atomic mass is 9.97. The van der Waals surface area contributed by atoms with Gasteiger partial charge in [0.15, 0.2) is 0 Å². The van der Waals surface area contributed by atoms with E-state index in [9.17, 15) is 4.57 Å². The Hall–Kier alpha value is 0.650. The van der Waals surface area contributed by atoms with Crippen molar-refractivity contribution in [3.05, 3.63) is 0 Å². The maximum atomic E-state index is 10.3. The van der Waals surface area contributed by atoms with Gasteiger partial charge < -0.3 is 10.6 Å². The van der Waals surface area contributed by atoms with Crippen molar-refractivity contribution < 1.29 is 9.46 Å². The summed E-state index contributed by atoms with van der Waals surface area (Å²) in [5, 5.41) is 2.17. The van der Waals surface area contributed by atoms with E-state index in [1.807, 2.05) is 0 Å². The van der Waals surface area contributed by atoms with E-state index in [-0.39, 0.29) is 6.54 Å². The molecular formula is C9H22Cl2N3O2P. The third-order valence-corrected chi connectivity index (χ3v) is 3.46. The molecule has 0 bridgehead atoms. The Balaban J connectivity index is 0.000000318. The minimum atomic E-state index is -3.59. The predicted octanol–water partition coefficient (Wildman–Crippen LogP) is 2.11. The molecule has 0 aromatic rings. The second kappa shape index (κ2) is 9.56. The van der Waals surface area contributed by atoms with Gasteiger partial charge in [0.2, 0.25) is 0 Å². The predicted molar refractivity (Wildman–Crippen MR) is 73.2 cm³/mol. The summed E-state index contributed by atoms with van der Waals surface area (Å²) in [6, 6.07) is 0.536. The van der Waals surface area contributed by atoms with E-state index in [2.05, 4.69) is 5.09 Å². The minimum absolute atomic E-state index is 0.238. The highest BCUT2D eigenvalue weighted by Crippen LogP contribution is 2.22. The van der Waals surface area contributed by atoms with Crippen LogP contribution in [0.15, 0.2) is 0 Å². The molecule has 17 heavy (non-hydrogen) atoms. The molecule has 0 heterocycles. The second-order valence-electron chi connectivity index (χ2n) is 4.11. The second-order valence-corrected chi connectivity index (χ2v) is 6.95. The van der Waals surface area contributed by atoms with Crippen LogP contribution in [-0.4, -0.2) is 22.3 Å². The number of hydrogen-bond acceptors (Lipinski definition) is 2. The first kappa shape index (κ1) is 17.6. The first-order valence-electron chi connectivity index (χ1n) is 5.71. The van der Waals surface area contributed by atoms with Crippen LogP contribution in [0, 0.1) is 0 Å². The van der Waals surface area contributed by atoms with Crippen LogP contribution in [0.5, 0.6) is 0 Å². The van der Waals surface area contributed by atoms with Crippen LogP contribution in [-0.2, 0) is 4.57 Å². The van der Waals surface area contributed by atoms with Crippen LogP contribution >= 0.6 is 30.9 Å². The van der Waals surface area contributed by atoms with Crippen molar-refractivity contribution >= 4 is 30.9 Å². The molecule has 0 saturated heterocycles. The molecule has 1 aliphatic carbocycles. The fraction of sp³-hybridized carbons (Fsp3) is 1.00. The fourth-order valence-electron chi connectivity index (χ4n) is 1.47. The summed E-state index contributed by atoms with van der Waals surface area (Å²) in [6.45, 7) is 0.238. The Bertz CT molecular complexity index is 232. The van der Waals surface area contributed by atoms with Crippen molar-refractivity contribution in [2.24, 2.45) is 11.2 Å². The van der Waals surface area contributed by atoms with Crippen molar-refractivity contribution in [3.8, 4) is 0 Å². The van der Waals surface area contributed by atoms with Gasteiger partial charge in [-0.25, -0.2) is 10.6 Å². The van der Waals surface area contributed by atoms with E-state index in [0.717, 1.165) is 0 Å². The molecule has 1 unspecified atom stereocenters. The van der Waals surface area contributed by atoms with Gasteiger partial charge in [-0.3, -0.25) is 4.57 Å². The lowest BCUT2D eigenvalue weighted by Crippen LogP contribution is -2.22. The number of nitrogens with two attached hydrogens (primary N) is 2. The number of nitrogens with one attached hydrogen (secondary N) is 1. The van der Waals surface area contributed by atoms with E-state index >= 15 is 0 Å². The number of hydrogen-bond donors (Lipinski definition) is 4. The smallest absolute Gasteiger partial charge is 0.328 e. The zero-order chi connectivity index (χ0) is 13.3. The van der Waals surface area contributed by atoms with Gasteiger partial charge in [0.25, 0.3) is 0 Å². The van der Waals surface area contributed by atoms with Crippen molar-refractivity contribution in [3.63, 3.8) is 0 Å². The van der Waals surface area contributed by atoms with Gasteiger partial charge in [-0.2, -0.15) is 0 Å². The minimum Gasteiger partial charge on any atom is -0.328 e. The number of alkyl halides is 2. The molecule has 6 N–H and O–H groups in total. The lowest BCUT2D eigenvalue weighted by molar-refractivity contribution is 0.441. The maximum Gasteiger partial charge on any atom is 0.335 e. The molecule has 1 rings (SSSR count). The molecule has 8 heteroatoms. The summed E-state index contributed by atoms with van der Waals surface area (Å²) in [6.07, 6.45) is 7.06. The summed E-state index contributed by atoms with van der Waals surface area (Å²) in [7, 11) is -3.59. The highest BCUT2D eigenvalue weighted by atomic mass is 35.5. The molecule has 104 valence electrons. The zero-order valence-electron chi connectivity index (χ0n) is 9.82. The quantitative estimate of drug-likeness (QED) is 0.471. The van der Waals surface area contributed by atoms with Crippen molar-refractivity contribution in [1.29, 1.82) is 0 Å². The van der Waals surface area contributed by atoms with E-state index < -0.39 is 12.5 Å². The first-order chi connectivity index (χ1) is 7.81. The Morgan fingerprint density at radius 3 is 2.18 bits per heavy atom. The van der Waals surface area contributed by atoms with Gasteiger partial charge in [-0.15, -0.1) is 23.2 Å². The van der Waals surface area contributed by atoms with Crippen LogP contribution in [0.2, 0.25) is 0 Å². The largest absolute Gasteiger partial charge is 0.335 e. The standard InChI is InChI=1S/C6H13N.C3H9Cl2N2O2P/c7-6-4-2-1-3-5-6;4-3(5)1-2-7-10(6,8)9/h6H,1-5,7H2;3H,1-2H2,(H4,6,7,8,9). The summed E-state index contributed by atoms with van der Waals surface area (Å²) >= 11 is 10.6. The molecular weight excluding hydrogens is 284 g/mol. The van der Waals surface area contributed by atoms with Gasteiger partial charge in [0, 0.05) is 12.6 Å². The lowest BCUT2D eigenvalue weighted by Gasteiger charge is -2.15. The highest BCUT2D eigenvalue weighted by Gasteiger charge is 2.08. The van der Waals surface area contributed by atoms with Crippen molar-refractivity contribution in [1.82, 2.24) is 5.09 Å². The SMILES string of the molecule is NC1CCCCC1.NP(=O)(O)NCCC(Cl)Cl. The Kier molecular flexibility index (Phi) is 9.93. The van der Waals surface area contributed by atoms with E-state index in [1.54, 1.807) is 0 Å². The Morgan fingerprint density at radius 2 is 1.88 bits per heavy atom. The third kappa shape index (κ3) is 14.6. The first-order valence-corrected chi connectivity index (χ1v) is 8.31. The average molecular weight is 306 g/mol. The van der Waals surface area contributed by atoms with Gasteiger partial charge in [-0.05, 0) is 19.3 Å². The van der Waals surface area contributed by atoms with Gasteiger partial charge in [-0.1, -0.05) is 19.3 Å². The molecule has 0 radical (unpaired) electrons.